The summed E-state index contributed by atoms with van der Waals surface area (Å²) in [6.07, 6.45) is 1.44. The molecule has 0 N–H and O–H groups in total. The van der Waals surface area contributed by atoms with Crippen LogP contribution in [0.3, 0.4) is 0 Å². The van der Waals surface area contributed by atoms with Crippen molar-refractivity contribution in [1.82, 2.24) is 9.13 Å². The van der Waals surface area contributed by atoms with E-state index in [1.54, 1.807) is 18.2 Å². The Morgan fingerprint density at radius 2 is 1.56 bits per heavy atom. The first-order valence-corrected chi connectivity index (χ1v) is 9.53. The molecule has 0 saturated carbocycles. The zero-order valence-electron chi connectivity index (χ0n) is 14.8. The normalized spacial score (nSPS) is 11.3. The van der Waals surface area contributed by atoms with Gasteiger partial charge in [-0.25, -0.2) is 4.79 Å². The van der Waals surface area contributed by atoms with Gasteiger partial charge >= 0.3 is 15.8 Å². The standard InChI is InChI=1S/C19H18N2O5S/c1-20-13-17(18(22)21(2)19(20)23)27(24,25)26-16-11-7-6-10-15(16)12-14-8-4-3-5-9-14/h3-11,13H,12H2,1-2H3. The van der Waals surface area contributed by atoms with Gasteiger partial charge in [0.15, 0.2) is 4.90 Å². The molecule has 140 valence electrons. The van der Waals surface area contributed by atoms with E-state index in [9.17, 15) is 18.0 Å². The number of nitrogens with zero attached hydrogens (tertiary/aromatic N) is 2. The highest BCUT2D eigenvalue weighted by Crippen LogP contribution is 2.24. The third-order valence-corrected chi connectivity index (χ3v) is 5.31. The van der Waals surface area contributed by atoms with E-state index in [1.165, 1.54) is 20.2 Å². The maximum absolute atomic E-state index is 12.7. The monoisotopic (exact) mass is 386 g/mol. The summed E-state index contributed by atoms with van der Waals surface area (Å²) in [5.41, 5.74) is 0.0972. The van der Waals surface area contributed by atoms with Crippen LogP contribution in [-0.4, -0.2) is 17.6 Å². The van der Waals surface area contributed by atoms with Crippen LogP contribution >= 0.6 is 0 Å². The van der Waals surface area contributed by atoms with Crippen LogP contribution in [0.4, 0.5) is 0 Å². The van der Waals surface area contributed by atoms with Crippen LogP contribution in [0.25, 0.3) is 0 Å². The van der Waals surface area contributed by atoms with Crippen molar-refractivity contribution >= 4 is 10.1 Å². The summed E-state index contributed by atoms with van der Waals surface area (Å²) in [5, 5.41) is 0. The van der Waals surface area contributed by atoms with Gasteiger partial charge in [0.25, 0.3) is 5.56 Å². The largest absolute Gasteiger partial charge is 0.378 e. The van der Waals surface area contributed by atoms with E-state index in [-0.39, 0.29) is 5.75 Å². The van der Waals surface area contributed by atoms with Crippen molar-refractivity contribution in [1.29, 1.82) is 0 Å². The molecule has 7 nitrogen and oxygen atoms in total. The molecular formula is C19H18N2O5S. The molecule has 2 aromatic carbocycles. The number of hydrogen-bond acceptors (Lipinski definition) is 5. The fraction of sp³-hybridized carbons (Fsp3) is 0.158. The zero-order valence-corrected chi connectivity index (χ0v) is 15.6. The Balaban J connectivity index is 2.01. The van der Waals surface area contributed by atoms with E-state index in [0.717, 1.165) is 20.9 Å². The number of benzene rings is 2. The Morgan fingerprint density at radius 1 is 0.926 bits per heavy atom. The molecule has 0 amide bonds. The average molecular weight is 386 g/mol. The summed E-state index contributed by atoms with van der Waals surface area (Å²) >= 11 is 0. The summed E-state index contributed by atoms with van der Waals surface area (Å²) < 4.78 is 32.4. The molecule has 3 rings (SSSR count). The van der Waals surface area contributed by atoms with Crippen LogP contribution in [-0.2, 0) is 30.6 Å². The van der Waals surface area contributed by atoms with Gasteiger partial charge in [0, 0.05) is 32.3 Å². The highest BCUT2D eigenvalue weighted by Gasteiger charge is 2.24. The molecule has 3 aromatic rings. The summed E-state index contributed by atoms with van der Waals surface area (Å²) in [7, 11) is -1.83. The molecule has 0 bridgehead atoms. The van der Waals surface area contributed by atoms with Crippen molar-refractivity contribution in [2.24, 2.45) is 14.1 Å². The molecule has 0 radical (unpaired) electrons. The molecule has 0 aliphatic rings. The van der Waals surface area contributed by atoms with E-state index >= 15 is 0 Å². The minimum Gasteiger partial charge on any atom is -0.378 e. The Hall–Kier alpha value is -3.13. The first kappa shape index (κ1) is 18.7. The van der Waals surface area contributed by atoms with Crippen molar-refractivity contribution in [3.8, 4) is 5.75 Å². The van der Waals surface area contributed by atoms with E-state index in [4.69, 9.17) is 4.18 Å². The molecule has 0 aliphatic carbocycles. The number of hydrogen-bond donors (Lipinski definition) is 0. The lowest BCUT2D eigenvalue weighted by Gasteiger charge is -2.12. The van der Waals surface area contributed by atoms with Gasteiger partial charge in [-0.1, -0.05) is 48.5 Å². The van der Waals surface area contributed by atoms with Crippen molar-refractivity contribution in [2.45, 2.75) is 11.3 Å². The smallest absolute Gasteiger partial charge is 0.346 e. The number of aromatic nitrogens is 2. The van der Waals surface area contributed by atoms with Crippen LogP contribution in [0.5, 0.6) is 5.75 Å². The summed E-state index contributed by atoms with van der Waals surface area (Å²) in [6, 6.07) is 16.3. The van der Waals surface area contributed by atoms with Crippen molar-refractivity contribution < 1.29 is 12.6 Å². The lowest BCUT2D eigenvalue weighted by atomic mass is 10.0. The minimum absolute atomic E-state index is 0.136. The first-order valence-electron chi connectivity index (χ1n) is 8.12. The molecule has 0 atom stereocenters. The summed E-state index contributed by atoms with van der Waals surface area (Å²) in [6.45, 7) is 0. The van der Waals surface area contributed by atoms with E-state index < -0.39 is 26.3 Å². The SMILES string of the molecule is Cn1cc(S(=O)(=O)Oc2ccccc2Cc2ccccc2)c(=O)n(C)c1=O. The molecule has 0 unspecified atom stereocenters. The molecular weight excluding hydrogens is 368 g/mol. The van der Waals surface area contributed by atoms with Crippen molar-refractivity contribution in [3.63, 3.8) is 0 Å². The van der Waals surface area contributed by atoms with Gasteiger partial charge in [-0.15, -0.1) is 0 Å². The van der Waals surface area contributed by atoms with E-state index in [0.29, 0.717) is 12.0 Å². The molecule has 1 heterocycles. The second-order valence-electron chi connectivity index (χ2n) is 6.06. The van der Waals surface area contributed by atoms with Crippen LogP contribution in [0.15, 0.2) is 75.3 Å². The fourth-order valence-electron chi connectivity index (χ4n) is 2.66. The molecule has 0 saturated heterocycles. The lowest BCUT2D eigenvalue weighted by Crippen LogP contribution is -2.39. The third-order valence-electron chi connectivity index (χ3n) is 4.09. The molecule has 0 spiro atoms. The Bertz CT molecular complexity index is 1190. The topological polar surface area (TPSA) is 87.4 Å². The Morgan fingerprint density at radius 3 is 2.26 bits per heavy atom. The molecule has 0 aliphatic heterocycles. The highest BCUT2D eigenvalue weighted by molar-refractivity contribution is 7.87. The maximum atomic E-state index is 12.7. The van der Waals surface area contributed by atoms with Gasteiger partial charge < -0.3 is 8.75 Å². The minimum atomic E-state index is -4.41. The fourth-order valence-corrected chi connectivity index (χ4v) is 3.78. The number of para-hydroxylation sites is 1. The first-order chi connectivity index (χ1) is 12.8. The van der Waals surface area contributed by atoms with Gasteiger partial charge in [-0.2, -0.15) is 8.42 Å². The zero-order chi connectivity index (χ0) is 19.6. The van der Waals surface area contributed by atoms with Gasteiger partial charge in [0.2, 0.25) is 0 Å². The van der Waals surface area contributed by atoms with Crippen LogP contribution in [0.1, 0.15) is 11.1 Å². The molecule has 27 heavy (non-hydrogen) atoms. The van der Waals surface area contributed by atoms with Crippen molar-refractivity contribution in [2.75, 3.05) is 0 Å². The summed E-state index contributed by atoms with van der Waals surface area (Å²) in [5.74, 6) is 0.136. The second kappa shape index (κ2) is 7.24. The summed E-state index contributed by atoms with van der Waals surface area (Å²) in [4.78, 5) is 23.4. The lowest BCUT2D eigenvalue weighted by molar-refractivity contribution is 0.478. The third kappa shape index (κ3) is 3.85. The number of aryl methyl sites for hydroxylation is 1. The van der Waals surface area contributed by atoms with E-state index in [1.807, 2.05) is 30.3 Å². The molecule has 0 fully saturated rings. The molecule has 1 aromatic heterocycles. The molecule has 8 heteroatoms. The van der Waals surface area contributed by atoms with Gasteiger partial charge in [0.05, 0.1) is 0 Å². The second-order valence-corrected chi connectivity index (χ2v) is 7.57. The number of rotatable bonds is 5. The highest BCUT2D eigenvalue weighted by atomic mass is 32.2. The van der Waals surface area contributed by atoms with Crippen LogP contribution in [0, 0.1) is 0 Å². The van der Waals surface area contributed by atoms with Crippen LogP contribution in [0.2, 0.25) is 0 Å². The predicted octanol–water partition coefficient (Wildman–Crippen LogP) is 1.44. The van der Waals surface area contributed by atoms with Gasteiger partial charge in [0.1, 0.15) is 5.75 Å². The van der Waals surface area contributed by atoms with Crippen molar-refractivity contribution in [3.05, 3.63) is 92.8 Å². The predicted molar refractivity (Wildman–Crippen MR) is 100 cm³/mol. The van der Waals surface area contributed by atoms with Gasteiger partial charge in [-0.3, -0.25) is 9.36 Å². The van der Waals surface area contributed by atoms with Gasteiger partial charge in [-0.05, 0) is 11.6 Å². The maximum Gasteiger partial charge on any atom is 0.346 e. The quantitative estimate of drug-likeness (QED) is 0.619. The Labute approximate surface area is 156 Å². The average Bonchev–Trinajstić information content (AvgIpc) is 2.65. The van der Waals surface area contributed by atoms with E-state index in [2.05, 4.69) is 0 Å². The Kier molecular flexibility index (Phi) is 5.00. The van der Waals surface area contributed by atoms with Crippen LogP contribution < -0.4 is 15.4 Å².